The number of carbonyl (C=O) groups excluding carboxylic acids is 2. The molecule has 1 aromatic carbocycles. The topological polar surface area (TPSA) is 119 Å². The van der Waals surface area contributed by atoms with Crippen molar-refractivity contribution in [1.82, 2.24) is 14.7 Å². The fraction of sp³-hybridized carbons (Fsp3) is 0.333. The first-order valence-corrected chi connectivity index (χ1v) is 8.37. The van der Waals surface area contributed by atoms with Crippen molar-refractivity contribution in [2.45, 2.75) is 25.8 Å². The van der Waals surface area contributed by atoms with Crippen molar-refractivity contribution in [3.8, 4) is 5.69 Å². The van der Waals surface area contributed by atoms with Gasteiger partial charge >= 0.3 is 5.97 Å². The minimum absolute atomic E-state index is 0.0169. The number of primary amides is 1. The van der Waals surface area contributed by atoms with E-state index in [0.29, 0.717) is 5.69 Å². The first-order chi connectivity index (χ1) is 12.4. The number of aliphatic carboxylic acids is 1. The molecule has 0 saturated heterocycles. The van der Waals surface area contributed by atoms with E-state index >= 15 is 0 Å². The molecule has 0 bridgehead atoms. The van der Waals surface area contributed by atoms with Gasteiger partial charge in [-0.1, -0.05) is 25.1 Å². The second-order valence-corrected chi connectivity index (χ2v) is 6.45. The average Bonchev–Trinajstić information content (AvgIpc) is 3.36. The van der Waals surface area contributed by atoms with E-state index in [4.69, 9.17) is 10.8 Å². The second-order valence-electron chi connectivity index (χ2n) is 6.45. The lowest BCUT2D eigenvalue weighted by Gasteiger charge is -2.23. The van der Waals surface area contributed by atoms with Gasteiger partial charge in [-0.2, -0.15) is 5.10 Å². The van der Waals surface area contributed by atoms with Gasteiger partial charge in [-0.25, -0.2) is 4.68 Å². The van der Waals surface area contributed by atoms with Crippen molar-refractivity contribution in [2.24, 2.45) is 11.7 Å². The van der Waals surface area contributed by atoms with Crippen LogP contribution in [0.25, 0.3) is 5.69 Å². The summed E-state index contributed by atoms with van der Waals surface area (Å²) in [7, 11) is 0. The predicted molar refractivity (Wildman–Crippen MR) is 92.9 cm³/mol. The molecule has 0 aliphatic heterocycles. The zero-order valence-electron chi connectivity index (χ0n) is 14.3. The van der Waals surface area contributed by atoms with Crippen LogP contribution < -0.4 is 5.73 Å². The van der Waals surface area contributed by atoms with Gasteiger partial charge in [0.05, 0.1) is 11.6 Å². The summed E-state index contributed by atoms with van der Waals surface area (Å²) in [5.41, 5.74) is 6.22. The number of aromatic nitrogens is 2. The van der Waals surface area contributed by atoms with E-state index in [0.717, 1.165) is 12.8 Å². The van der Waals surface area contributed by atoms with Crippen LogP contribution in [-0.2, 0) is 4.79 Å². The molecule has 26 heavy (non-hydrogen) atoms. The van der Waals surface area contributed by atoms with Gasteiger partial charge in [0, 0.05) is 18.7 Å². The molecule has 1 aliphatic carbocycles. The number of carbonyl (C=O) groups is 3. The van der Waals surface area contributed by atoms with E-state index in [1.807, 2.05) is 6.07 Å². The van der Waals surface area contributed by atoms with Gasteiger partial charge < -0.3 is 15.7 Å². The summed E-state index contributed by atoms with van der Waals surface area (Å²) in [4.78, 5) is 37.4. The van der Waals surface area contributed by atoms with E-state index in [1.165, 1.54) is 15.6 Å². The Bertz CT molecular complexity index is 842. The third kappa shape index (κ3) is 3.58. The zero-order valence-corrected chi connectivity index (χ0v) is 14.3. The highest BCUT2D eigenvalue weighted by Crippen LogP contribution is 2.29. The third-order valence-electron chi connectivity index (χ3n) is 4.32. The van der Waals surface area contributed by atoms with Crippen molar-refractivity contribution >= 4 is 17.8 Å². The van der Waals surface area contributed by atoms with Crippen LogP contribution in [0.4, 0.5) is 0 Å². The summed E-state index contributed by atoms with van der Waals surface area (Å²) in [5.74, 6) is -2.74. The van der Waals surface area contributed by atoms with Gasteiger partial charge in [-0.3, -0.25) is 14.4 Å². The Hall–Kier alpha value is -3.16. The molecular formula is C18H20N4O4. The molecule has 1 heterocycles. The molecule has 0 spiro atoms. The largest absolute Gasteiger partial charge is 0.481 e. The number of para-hydroxylation sites is 1. The fourth-order valence-corrected chi connectivity index (χ4v) is 2.73. The molecule has 3 rings (SSSR count). The monoisotopic (exact) mass is 356 g/mol. The summed E-state index contributed by atoms with van der Waals surface area (Å²) in [5, 5.41) is 13.4. The lowest BCUT2D eigenvalue weighted by atomic mass is 10.1. The SMILES string of the molecule is CC(CN(C(=O)c1cc(C(N)=O)n(-c2ccccc2)n1)C1CC1)C(=O)O. The lowest BCUT2D eigenvalue weighted by molar-refractivity contribution is -0.141. The second kappa shape index (κ2) is 6.99. The van der Waals surface area contributed by atoms with E-state index in [2.05, 4.69) is 5.10 Å². The van der Waals surface area contributed by atoms with Gasteiger partial charge in [-0.05, 0) is 25.0 Å². The molecule has 1 aliphatic rings. The third-order valence-corrected chi connectivity index (χ3v) is 4.32. The standard InChI is InChI=1S/C18H20N4O4/c1-11(18(25)26)10-21(12-7-8-12)17(24)14-9-15(16(19)23)22(20-14)13-5-3-2-4-6-13/h2-6,9,11-12H,7-8,10H2,1H3,(H2,19,23)(H,25,26). The quantitative estimate of drug-likeness (QED) is 0.775. The summed E-state index contributed by atoms with van der Waals surface area (Å²) in [6.45, 7) is 1.66. The highest BCUT2D eigenvalue weighted by Gasteiger charge is 2.36. The number of nitrogens with zero attached hydrogens (tertiary/aromatic N) is 3. The van der Waals surface area contributed by atoms with Crippen LogP contribution in [0.15, 0.2) is 36.4 Å². The predicted octanol–water partition coefficient (Wildman–Crippen LogP) is 1.30. The lowest BCUT2D eigenvalue weighted by Crippen LogP contribution is -2.38. The number of rotatable bonds is 7. The Kier molecular flexibility index (Phi) is 4.75. The highest BCUT2D eigenvalue weighted by atomic mass is 16.4. The first kappa shape index (κ1) is 17.7. The van der Waals surface area contributed by atoms with Crippen molar-refractivity contribution < 1.29 is 19.5 Å². The van der Waals surface area contributed by atoms with E-state index in [-0.39, 0.29) is 24.0 Å². The van der Waals surface area contributed by atoms with Gasteiger partial charge in [0.1, 0.15) is 5.69 Å². The Labute approximate surface area is 150 Å². The van der Waals surface area contributed by atoms with Crippen LogP contribution in [0.3, 0.4) is 0 Å². The Balaban J connectivity index is 1.93. The number of benzene rings is 1. The molecule has 0 radical (unpaired) electrons. The van der Waals surface area contributed by atoms with Crippen LogP contribution in [0.2, 0.25) is 0 Å². The minimum Gasteiger partial charge on any atom is -0.481 e. The van der Waals surface area contributed by atoms with Crippen LogP contribution in [0, 0.1) is 5.92 Å². The van der Waals surface area contributed by atoms with E-state index in [9.17, 15) is 14.4 Å². The first-order valence-electron chi connectivity index (χ1n) is 8.37. The van der Waals surface area contributed by atoms with Gasteiger partial charge in [0.15, 0.2) is 5.69 Å². The van der Waals surface area contributed by atoms with Gasteiger partial charge in [-0.15, -0.1) is 0 Å². The zero-order chi connectivity index (χ0) is 18.8. The van der Waals surface area contributed by atoms with Crippen LogP contribution >= 0.6 is 0 Å². The van der Waals surface area contributed by atoms with Crippen molar-refractivity contribution in [3.63, 3.8) is 0 Å². The molecule has 136 valence electrons. The number of amides is 2. The Morgan fingerprint density at radius 2 is 1.96 bits per heavy atom. The average molecular weight is 356 g/mol. The molecule has 1 atom stereocenters. The maximum Gasteiger partial charge on any atom is 0.308 e. The molecule has 8 nitrogen and oxygen atoms in total. The number of hydrogen-bond donors (Lipinski definition) is 2. The van der Waals surface area contributed by atoms with Crippen molar-refractivity contribution in [3.05, 3.63) is 47.8 Å². The molecule has 1 saturated carbocycles. The van der Waals surface area contributed by atoms with E-state index < -0.39 is 23.7 Å². The maximum absolute atomic E-state index is 12.9. The van der Waals surface area contributed by atoms with Gasteiger partial charge in [0.2, 0.25) is 0 Å². The molecule has 3 N–H and O–H groups in total. The molecule has 8 heteroatoms. The number of carboxylic acid groups (broad SMARTS) is 1. The van der Waals surface area contributed by atoms with E-state index in [1.54, 1.807) is 31.2 Å². The number of hydrogen-bond acceptors (Lipinski definition) is 4. The summed E-state index contributed by atoms with van der Waals surface area (Å²) >= 11 is 0. The molecule has 1 fully saturated rings. The van der Waals surface area contributed by atoms with Gasteiger partial charge in [0.25, 0.3) is 11.8 Å². The molecule has 1 aromatic heterocycles. The minimum atomic E-state index is -0.962. The molecule has 2 amide bonds. The molecule has 2 aromatic rings. The summed E-state index contributed by atoms with van der Waals surface area (Å²) < 4.78 is 1.33. The van der Waals surface area contributed by atoms with Crippen LogP contribution in [0.1, 0.15) is 40.7 Å². The normalized spacial score (nSPS) is 14.7. The van der Waals surface area contributed by atoms with Crippen LogP contribution in [0.5, 0.6) is 0 Å². The number of nitrogens with two attached hydrogens (primary N) is 1. The van der Waals surface area contributed by atoms with Crippen molar-refractivity contribution in [1.29, 1.82) is 0 Å². The summed E-state index contributed by atoms with van der Waals surface area (Å²) in [6.07, 6.45) is 1.67. The maximum atomic E-state index is 12.9. The fourth-order valence-electron chi connectivity index (χ4n) is 2.73. The van der Waals surface area contributed by atoms with Crippen molar-refractivity contribution in [2.75, 3.05) is 6.54 Å². The Morgan fingerprint density at radius 1 is 1.31 bits per heavy atom. The smallest absolute Gasteiger partial charge is 0.308 e. The number of carboxylic acids is 1. The van der Waals surface area contributed by atoms with Crippen LogP contribution in [-0.4, -0.2) is 50.2 Å². The summed E-state index contributed by atoms with van der Waals surface area (Å²) in [6, 6.07) is 10.3. The highest BCUT2D eigenvalue weighted by molar-refractivity contribution is 5.98. The Morgan fingerprint density at radius 3 is 2.50 bits per heavy atom. The molecular weight excluding hydrogens is 336 g/mol. The molecule has 1 unspecified atom stereocenters.